The van der Waals surface area contributed by atoms with Crippen molar-refractivity contribution >= 4 is 46.4 Å². The highest BCUT2D eigenvalue weighted by molar-refractivity contribution is 7.14. The zero-order valence-electron chi connectivity index (χ0n) is 32.6. The van der Waals surface area contributed by atoms with Crippen molar-refractivity contribution in [3.8, 4) is 22.5 Å². The molecule has 15 heteroatoms. The molecule has 0 saturated heterocycles. The Morgan fingerprint density at radius 2 is 1.23 bits per heavy atom. The van der Waals surface area contributed by atoms with E-state index in [0.717, 1.165) is 88.7 Å². The van der Waals surface area contributed by atoms with Gasteiger partial charge in [0.25, 0.3) is 5.91 Å². The normalized spacial score (nSPS) is 13.6. The average molecular weight is 805 g/mol. The Balaban J connectivity index is 0.000000160. The molecule has 8 rings (SSSR count). The summed E-state index contributed by atoms with van der Waals surface area (Å²) in [5, 5.41) is 11.9. The second-order valence-electron chi connectivity index (χ2n) is 14.2. The summed E-state index contributed by atoms with van der Waals surface area (Å²) in [4.78, 5) is 47.9. The summed E-state index contributed by atoms with van der Waals surface area (Å²) in [6, 6.07) is 19.7. The largest absolute Gasteiger partial charge is 0.477 e. The Labute approximate surface area is 340 Å². The zero-order valence-corrected chi connectivity index (χ0v) is 34.2. The molecule has 6 heterocycles. The van der Waals surface area contributed by atoms with Crippen LogP contribution in [-0.2, 0) is 39.0 Å². The number of likely N-dealkylation sites (N-methyl/N-ethyl adjacent to an activating group) is 2. The molecule has 0 aliphatic carbocycles. The molecule has 6 aromatic rings. The molecule has 57 heavy (non-hydrogen) atoms. The predicted octanol–water partition coefficient (Wildman–Crippen LogP) is 5.94. The van der Waals surface area contributed by atoms with Crippen LogP contribution in [0.1, 0.15) is 62.5 Å². The minimum Gasteiger partial charge on any atom is -0.477 e. The zero-order chi connectivity index (χ0) is 40.6. The molecule has 13 nitrogen and oxygen atoms in total. The lowest BCUT2D eigenvalue weighted by Gasteiger charge is -2.21. The average Bonchev–Trinajstić information content (AvgIpc) is 3.82. The highest BCUT2D eigenvalue weighted by Gasteiger charge is 2.20. The van der Waals surface area contributed by atoms with E-state index in [1.807, 2.05) is 56.3 Å². The Bertz CT molecular complexity index is 2380. The van der Waals surface area contributed by atoms with Gasteiger partial charge in [-0.05, 0) is 111 Å². The van der Waals surface area contributed by atoms with Crippen molar-refractivity contribution < 1.29 is 14.7 Å². The van der Waals surface area contributed by atoms with Gasteiger partial charge in [-0.2, -0.15) is 0 Å². The smallest absolute Gasteiger partial charge is 0.345 e. The third kappa shape index (κ3) is 10.6. The van der Waals surface area contributed by atoms with Gasteiger partial charge in [0.05, 0.1) is 16.3 Å². The Morgan fingerprint density at radius 3 is 1.70 bits per heavy atom. The maximum absolute atomic E-state index is 12.6. The lowest BCUT2D eigenvalue weighted by molar-refractivity contribution is 0.0701. The second-order valence-corrected chi connectivity index (χ2v) is 16.4. The number of thiophene rings is 2. The first kappa shape index (κ1) is 41.1. The number of fused-ring (bicyclic) bond motifs is 2. The van der Waals surface area contributed by atoms with E-state index in [1.165, 1.54) is 32.2 Å². The molecule has 2 aromatic carbocycles. The minimum absolute atomic E-state index is 0.00546. The second kappa shape index (κ2) is 18.6. The summed E-state index contributed by atoms with van der Waals surface area (Å²) in [6.07, 6.45) is 5.32. The third-order valence-electron chi connectivity index (χ3n) is 9.83. The van der Waals surface area contributed by atoms with Gasteiger partial charge in [-0.15, -0.1) is 22.7 Å². The number of aromatic carboxylic acids is 1. The number of carbonyl (C=O) groups excluding carboxylic acids is 1. The number of nitrogens with zero attached hydrogens (tertiary/aromatic N) is 6. The van der Waals surface area contributed by atoms with Crippen LogP contribution < -0.4 is 22.5 Å². The fourth-order valence-corrected chi connectivity index (χ4v) is 8.72. The predicted molar refractivity (Wildman–Crippen MR) is 228 cm³/mol. The monoisotopic (exact) mass is 804 g/mol. The van der Waals surface area contributed by atoms with Gasteiger partial charge in [0.2, 0.25) is 11.9 Å². The minimum atomic E-state index is -0.804. The molecule has 2 aliphatic rings. The Hall–Kier alpha value is -5.58. The van der Waals surface area contributed by atoms with Gasteiger partial charge in [0.1, 0.15) is 4.88 Å². The SMILES string of the molecule is CN1CCc2sc(C(=O)O)cc2C1.Cc1cc(-c2ccnc(N)n2)ccc1CN.Cc1cc(-c2ccnc(N)n2)ccc1CNC(=O)c1cc2c(s1)CCN(C)C2. The molecule has 0 fully saturated rings. The molecule has 1 amide bonds. The number of anilines is 2. The molecule has 0 saturated carbocycles. The topological polar surface area (TPSA) is 203 Å². The first-order valence-corrected chi connectivity index (χ1v) is 20.2. The number of nitrogens with one attached hydrogen (secondary N) is 1. The number of carboxylic acid groups (broad SMARTS) is 1. The highest BCUT2D eigenvalue weighted by Crippen LogP contribution is 2.29. The summed E-state index contributed by atoms with van der Waals surface area (Å²) < 4.78 is 0. The van der Waals surface area contributed by atoms with Crippen molar-refractivity contribution in [2.24, 2.45) is 5.73 Å². The summed E-state index contributed by atoms with van der Waals surface area (Å²) in [6.45, 7) is 9.03. The lowest BCUT2D eigenvalue weighted by atomic mass is 10.0. The first-order chi connectivity index (χ1) is 27.4. The van der Waals surface area contributed by atoms with Crippen LogP contribution in [0.2, 0.25) is 0 Å². The number of carboxylic acids is 1. The summed E-state index contributed by atoms with van der Waals surface area (Å²) in [5.41, 5.74) is 27.4. The van der Waals surface area contributed by atoms with Crippen LogP contribution in [0, 0.1) is 13.8 Å². The number of hydrogen-bond acceptors (Lipinski definition) is 13. The van der Waals surface area contributed by atoms with E-state index < -0.39 is 5.97 Å². The van der Waals surface area contributed by atoms with Crippen LogP contribution in [0.3, 0.4) is 0 Å². The summed E-state index contributed by atoms with van der Waals surface area (Å²) >= 11 is 3.04. The third-order valence-corrected chi connectivity index (χ3v) is 12.3. The van der Waals surface area contributed by atoms with E-state index in [4.69, 9.17) is 22.3 Å². The number of rotatable bonds is 7. The number of amides is 1. The van der Waals surface area contributed by atoms with Crippen LogP contribution in [-0.4, -0.2) is 73.9 Å². The van der Waals surface area contributed by atoms with Crippen LogP contribution in [0.15, 0.2) is 73.1 Å². The molecule has 0 atom stereocenters. The van der Waals surface area contributed by atoms with Gasteiger partial charge in [-0.1, -0.05) is 24.3 Å². The molecule has 4 aromatic heterocycles. The summed E-state index contributed by atoms with van der Waals surface area (Å²) in [7, 11) is 4.17. The summed E-state index contributed by atoms with van der Waals surface area (Å²) in [5.74, 6) is -0.259. The van der Waals surface area contributed by atoms with Crippen LogP contribution in [0.5, 0.6) is 0 Å². The lowest BCUT2D eigenvalue weighted by Crippen LogP contribution is -2.25. The van der Waals surface area contributed by atoms with Crippen molar-refractivity contribution in [3.05, 3.63) is 126 Å². The molecular formula is C42H48N10O3S2. The molecule has 0 radical (unpaired) electrons. The molecule has 0 unspecified atom stereocenters. The number of carbonyl (C=O) groups is 2. The first-order valence-electron chi connectivity index (χ1n) is 18.6. The fourth-order valence-electron chi connectivity index (χ4n) is 6.64. The van der Waals surface area contributed by atoms with Crippen molar-refractivity contribution in [3.63, 3.8) is 0 Å². The van der Waals surface area contributed by atoms with Crippen molar-refractivity contribution in [2.75, 3.05) is 38.7 Å². The van der Waals surface area contributed by atoms with Crippen molar-refractivity contribution in [2.45, 2.75) is 52.9 Å². The number of nitrogens with two attached hydrogens (primary N) is 3. The Morgan fingerprint density at radius 1 is 0.737 bits per heavy atom. The quantitative estimate of drug-likeness (QED) is 0.127. The van der Waals surface area contributed by atoms with Crippen LogP contribution >= 0.6 is 22.7 Å². The number of hydrogen-bond donors (Lipinski definition) is 5. The van der Waals surface area contributed by atoms with Gasteiger partial charge >= 0.3 is 5.97 Å². The molecule has 0 spiro atoms. The van der Waals surface area contributed by atoms with Crippen LogP contribution in [0.25, 0.3) is 22.5 Å². The van der Waals surface area contributed by atoms with E-state index in [9.17, 15) is 9.59 Å². The van der Waals surface area contributed by atoms with E-state index in [2.05, 4.69) is 61.3 Å². The maximum Gasteiger partial charge on any atom is 0.345 e. The van der Waals surface area contributed by atoms with E-state index >= 15 is 0 Å². The van der Waals surface area contributed by atoms with Gasteiger partial charge < -0.3 is 37.4 Å². The molecular weight excluding hydrogens is 757 g/mol. The van der Waals surface area contributed by atoms with E-state index in [1.54, 1.807) is 29.8 Å². The maximum atomic E-state index is 12.6. The number of aromatic nitrogens is 4. The van der Waals surface area contributed by atoms with Crippen LogP contribution in [0.4, 0.5) is 11.9 Å². The molecule has 8 N–H and O–H groups in total. The number of aryl methyl sites for hydroxylation is 2. The van der Waals surface area contributed by atoms with E-state index in [0.29, 0.717) is 18.0 Å². The number of benzene rings is 2. The van der Waals surface area contributed by atoms with Crippen molar-refractivity contribution in [1.82, 2.24) is 35.1 Å². The van der Waals surface area contributed by atoms with Gasteiger partial charge in [-0.3, -0.25) is 4.79 Å². The van der Waals surface area contributed by atoms with Gasteiger partial charge in [0, 0.05) is 72.5 Å². The highest BCUT2D eigenvalue weighted by atomic mass is 32.1. The van der Waals surface area contributed by atoms with Crippen molar-refractivity contribution in [1.29, 1.82) is 0 Å². The molecule has 0 bridgehead atoms. The number of nitrogen functional groups attached to an aromatic ring is 2. The standard InChI is InChI=1S/C21H23N5OS.C12H14N4.C9H11NO2S/c1-13-9-14(17-5-7-23-21(22)25-17)3-4-15(13)11-24-20(27)19-10-16-12-26(2)8-6-18(16)28-19;1-8-6-9(2-3-10(8)7-13)11-4-5-15-12(14)16-11;1-10-3-2-7-6(5-10)4-8(13-7)9(11)12/h3-5,7,9-10H,6,8,11-12H2,1-2H3,(H,24,27)(H2,22,23,25);2-6H,7,13H2,1H3,(H2,14,15,16);4H,2-3,5H2,1H3,(H,11,12). The van der Waals surface area contributed by atoms with E-state index in [-0.39, 0.29) is 17.8 Å². The molecule has 2 aliphatic heterocycles. The molecule has 296 valence electrons. The fraction of sp³-hybridized carbons (Fsp3) is 0.286. The van der Waals surface area contributed by atoms with Gasteiger partial charge in [-0.25, -0.2) is 24.7 Å². The van der Waals surface area contributed by atoms with Gasteiger partial charge in [0.15, 0.2) is 0 Å². The Kier molecular flexibility index (Phi) is 13.4.